The Morgan fingerprint density at radius 1 is 1.08 bits per heavy atom. The molecule has 1 saturated heterocycles. The lowest BCUT2D eigenvalue weighted by Gasteiger charge is -2.46. The van der Waals surface area contributed by atoms with Crippen LogP contribution in [0.3, 0.4) is 0 Å². The molecule has 0 spiro atoms. The van der Waals surface area contributed by atoms with Crippen LogP contribution in [-0.2, 0) is 5.41 Å². The summed E-state index contributed by atoms with van der Waals surface area (Å²) in [5, 5.41) is 13.4. The first kappa shape index (κ1) is 16.3. The lowest BCUT2D eigenvalue weighted by molar-refractivity contribution is 0.0242. The minimum Gasteiger partial charge on any atom is -0.393 e. The number of anilines is 2. The molecule has 1 saturated carbocycles. The molecule has 132 valence electrons. The van der Waals surface area contributed by atoms with Gasteiger partial charge in [-0.25, -0.2) is 9.97 Å². The number of hydrogen-bond donors (Lipinski definition) is 2. The van der Waals surface area contributed by atoms with Gasteiger partial charge in [0.05, 0.1) is 6.10 Å². The Hall–Kier alpha value is -2.14. The van der Waals surface area contributed by atoms with Crippen molar-refractivity contribution >= 4 is 11.6 Å². The maximum atomic E-state index is 9.90. The molecule has 0 unspecified atom stereocenters. The minimum absolute atomic E-state index is 0.00306. The molecule has 0 amide bonds. The van der Waals surface area contributed by atoms with Gasteiger partial charge in [-0.1, -0.05) is 30.3 Å². The van der Waals surface area contributed by atoms with E-state index >= 15 is 0 Å². The zero-order chi connectivity index (χ0) is 17.1. The smallest absolute Gasteiger partial charge is 0.134 e. The molecule has 2 fully saturated rings. The summed E-state index contributed by atoms with van der Waals surface area (Å²) in [5.74, 6) is 1.88. The van der Waals surface area contributed by atoms with E-state index in [9.17, 15) is 5.11 Å². The molecule has 5 nitrogen and oxygen atoms in total. The zero-order valence-corrected chi connectivity index (χ0v) is 14.6. The average molecular weight is 338 g/mol. The summed E-state index contributed by atoms with van der Waals surface area (Å²) in [4.78, 5) is 11.2. The second kappa shape index (κ2) is 7.00. The third-order valence-electron chi connectivity index (χ3n) is 5.58. The lowest BCUT2D eigenvalue weighted by Crippen LogP contribution is -2.49. The SMILES string of the molecule is OC1CC(CNc2cc(N3CCCCC3)ncn2)(c2ccccc2)C1. The molecule has 1 aromatic heterocycles. The topological polar surface area (TPSA) is 61.3 Å². The van der Waals surface area contributed by atoms with Crippen molar-refractivity contribution in [2.75, 3.05) is 29.9 Å². The summed E-state index contributed by atoms with van der Waals surface area (Å²) in [5.41, 5.74) is 1.29. The van der Waals surface area contributed by atoms with E-state index in [0.29, 0.717) is 0 Å². The van der Waals surface area contributed by atoms with Crippen LogP contribution >= 0.6 is 0 Å². The second-order valence-electron chi connectivity index (χ2n) is 7.37. The maximum absolute atomic E-state index is 9.90. The van der Waals surface area contributed by atoms with Crippen molar-refractivity contribution in [1.82, 2.24) is 9.97 Å². The van der Waals surface area contributed by atoms with E-state index in [0.717, 1.165) is 44.1 Å². The Kier molecular flexibility index (Phi) is 4.57. The van der Waals surface area contributed by atoms with Crippen molar-refractivity contribution in [2.45, 2.75) is 43.6 Å². The van der Waals surface area contributed by atoms with E-state index in [1.165, 1.54) is 24.8 Å². The number of hydrogen-bond acceptors (Lipinski definition) is 5. The first-order valence-electron chi connectivity index (χ1n) is 9.30. The van der Waals surface area contributed by atoms with E-state index in [-0.39, 0.29) is 11.5 Å². The van der Waals surface area contributed by atoms with Crippen LogP contribution in [0, 0.1) is 0 Å². The number of nitrogens with one attached hydrogen (secondary N) is 1. The number of nitrogens with zero attached hydrogens (tertiary/aromatic N) is 3. The molecule has 0 radical (unpaired) electrons. The monoisotopic (exact) mass is 338 g/mol. The van der Waals surface area contributed by atoms with Gasteiger partial charge < -0.3 is 15.3 Å². The number of rotatable bonds is 5. The van der Waals surface area contributed by atoms with Crippen molar-refractivity contribution in [3.63, 3.8) is 0 Å². The molecule has 25 heavy (non-hydrogen) atoms. The predicted octanol–water partition coefficient (Wildman–Crippen LogP) is 2.97. The van der Waals surface area contributed by atoms with Gasteiger partial charge in [-0.15, -0.1) is 0 Å². The fraction of sp³-hybridized carbons (Fsp3) is 0.500. The summed E-state index contributed by atoms with van der Waals surface area (Å²) >= 11 is 0. The quantitative estimate of drug-likeness (QED) is 0.878. The summed E-state index contributed by atoms with van der Waals surface area (Å²) in [6, 6.07) is 12.6. The van der Waals surface area contributed by atoms with Crippen LogP contribution in [0.2, 0.25) is 0 Å². The molecule has 1 aliphatic heterocycles. The van der Waals surface area contributed by atoms with Gasteiger partial charge in [0.2, 0.25) is 0 Å². The summed E-state index contributed by atoms with van der Waals surface area (Å²) < 4.78 is 0. The average Bonchev–Trinajstić information content (AvgIpc) is 2.66. The van der Waals surface area contributed by atoms with Crippen molar-refractivity contribution in [3.05, 3.63) is 48.3 Å². The van der Waals surface area contributed by atoms with Gasteiger partial charge in [0.1, 0.15) is 18.0 Å². The van der Waals surface area contributed by atoms with Crippen molar-refractivity contribution in [2.24, 2.45) is 0 Å². The predicted molar refractivity (Wildman–Crippen MR) is 99.9 cm³/mol. The first-order chi connectivity index (χ1) is 12.3. The van der Waals surface area contributed by atoms with Crippen LogP contribution in [-0.4, -0.2) is 40.8 Å². The van der Waals surface area contributed by atoms with E-state index in [1.54, 1.807) is 6.33 Å². The Labute approximate surface area is 149 Å². The van der Waals surface area contributed by atoms with E-state index < -0.39 is 0 Å². The molecule has 2 aliphatic rings. The number of piperidine rings is 1. The zero-order valence-electron chi connectivity index (χ0n) is 14.6. The van der Waals surface area contributed by atoms with Crippen LogP contribution in [0.5, 0.6) is 0 Å². The first-order valence-corrected chi connectivity index (χ1v) is 9.30. The Bertz CT molecular complexity index is 694. The van der Waals surface area contributed by atoms with Crippen LogP contribution < -0.4 is 10.2 Å². The normalized spacial score (nSPS) is 26.1. The van der Waals surface area contributed by atoms with Gasteiger partial charge in [0.15, 0.2) is 0 Å². The summed E-state index contributed by atoms with van der Waals surface area (Å²) in [7, 11) is 0. The molecule has 2 heterocycles. The Morgan fingerprint density at radius 2 is 1.84 bits per heavy atom. The molecule has 2 N–H and O–H groups in total. The molecule has 1 aliphatic carbocycles. The van der Waals surface area contributed by atoms with Crippen LogP contribution in [0.25, 0.3) is 0 Å². The highest BCUT2D eigenvalue weighted by atomic mass is 16.3. The van der Waals surface area contributed by atoms with Crippen LogP contribution in [0.15, 0.2) is 42.7 Å². The van der Waals surface area contributed by atoms with Gasteiger partial charge in [-0.05, 0) is 37.7 Å². The molecular formula is C20H26N4O. The van der Waals surface area contributed by atoms with Crippen molar-refractivity contribution in [3.8, 4) is 0 Å². The van der Waals surface area contributed by atoms with Crippen LogP contribution in [0.4, 0.5) is 11.6 Å². The van der Waals surface area contributed by atoms with Crippen molar-refractivity contribution < 1.29 is 5.11 Å². The van der Waals surface area contributed by atoms with Gasteiger partial charge in [-0.2, -0.15) is 0 Å². The van der Waals surface area contributed by atoms with Gasteiger partial charge >= 0.3 is 0 Å². The summed E-state index contributed by atoms with van der Waals surface area (Å²) in [6.45, 7) is 2.94. The maximum Gasteiger partial charge on any atom is 0.134 e. The Morgan fingerprint density at radius 3 is 2.56 bits per heavy atom. The molecule has 5 heteroatoms. The fourth-order valence-electron chi connectivity index (χ4n) is 4.12. The molecule has 2 aromatic rings. The molecule has 0 atom stereocenters. The highest BCUT2D eigenvalue weighted by Crippen LogP contribution is 2.43. The van der Waals surface area contributed by atoms with Gasteiger partial charge in [-0.3, -0.25) is 0 Å². The highest BCUT2D eigenvalue weighted by Gasteiger charge is 2.44. The van der Waals surface area contributed by atoms with Gasteiger partial charge in [0, 0.05) is 31.1 Å². The largest absolute Gasteiger partial charge is 0.393 e. The molecular weight excluding hydrogens is 312 g/mol. The third kappa shape index (κ3) is 3.47. The second-order valence-corrected chi connectivity index (χ2v) is 7.37. The summed E-state index contributed by atoms with van der Waals surface area (Å²) in [6.07, 6.45) is 6.84. The molecule has 0 bridgehead atoms. The third-order valence-corrected chi connectivity index (χ3v) is 5.58. The van der Waals surface area contributed by atoms with Gasteiger partial charge in [0.25, 0.3) is 0 Å². The van der Waals surface area contributed by atoms with E-state index in [1.807, 2.05) is 6.07 Å². The number of aliphatic hydroxyl groups is 1. The van der Waals surface area contributed by atoms with E-state index in [4.69, 9.17) is 0 Å². The van der Waals surface area contributed by atoms with Crippen molar-refractivity contribution in [1.29, 1.82) is 0 Å². The number of benzene rings is 1. The standard InChI is InChI=1S/C20H26N4O/c25-17-12-20(13-17,16-7-3-1-4-8-16)14-21-18-11-19(23-15-22-18)24-9-5-2-6-10-24/h1,3-4,7-8,11,15,17,25H,2,5-6,9-10,12-14H2,(H,21,22,23). The fourth-order valence-corrected chi connectivity index (χ4v) is 4.12. The molecule has 4 rings (SSSR count). The van der Waals surface area contributed by atoms with E-state index in [2.05, 4.69) is 50.5 Å². The Balaban J connectivity index is 1.46. The number of aliphatic hydroxyl groups excluding tert-OH is 1. The lowest BCUT2D eigenvalue weighted by atomic mass is 9.62. The highest BCUT2D eigenvalue weighted by molar-refractivity contribution is 5.49. The van der Waals surface area contributed by atoms with Crippen LogP contribution in [0.1, 0.15) is 37.7 Å². The molecule has 1 aromatic carbocycles. The minimum atomic E-state index is -0.198. The number of aromatic nitrogens is 2.